The van der Waals surface area contributed by atoms with Crippen molar-refractivity contribution in [1.29, 1.82) is 0 Å². The van der Waals surface area contributed by atoms with Crippen molar-refractivity contribution in [2.24, 2.45) is 0 Å². The van der Waals surface area contributed by atoms with Crippen LogP contribution < -0.4 is 5.32 Å². The van der Waals surface area contributed by atoms with Crippen LogP contribution >= 0.6 is 12.4 Å². The smallest absolute Gasteiger partial charge is 0.0940 e. The Kier molecular flexibility index (Phi) is 5.80. The maximum absolute atomic E-state index is 10.3. The molecule has 0 bridgehead atoms. The molecule has 0 aliphatic heterocycles. The van der Waals surface area contributed by atoms with Crippen LogP contribution in [0.15, 0.2) is 42.5 Å². The van der Waals surface area contributed by atoms with Crippen LogP contribution in [0.3, 0.4) is 0 Å². The third-order valence-corrected chi connectivity index (χ3v) is 3.18. The number of halogens is 1. The predicted molar refractivity (Wildman–Crippen MR) is 83.9 cm³/mol. The zero-order valence-corrected chi connectivity index (χ0v) is 12.4. The molecule has 0 aromatic heterocycles. The average Bonchev–Trinajstić information content (AvgIpc) is 2.36. The zero-order valence-electron chi connectivity index (χ0n) is 11.6. The van der Waals surface area contributed by atoms with E-state index in [1.807, 2.05) is 25.1 Å². The second-order valence-electron chi connectivity index (χ2n) is 5.16. The summed E-state index contributed by atoms with van der Waals surface area (Å²) in [6, 6.07) is 14.8. The molecule has 2 rings (SSSR count). The first-order valence-corrected chi connectivity index (χ1v) is 6.50. The van der Waals surface area contributed by atoms with Gasteiger partial charge in [0.15, 0.2) is 0 Å². The lowest BCUT2D eigenvalue weighted by Gasteiger charge is -2.23. The van der Waals surface area contributed by atoms with Gasteiger partial charge in [0.05, 0.1) is 6.10 Å². The number of nitrogens with one attached hydrogen (secondary N) is 1. The fourth-order valence-corrected chi connectivity index (χ4v) is 2.30. The molecule has 2 aromatic carbocycles. The van der Waals surface area contributed by atoms with Gasteiger partial charge in [-0.25, -0.2) is 0 Å². The zero-order chi connectivity index (χ0) is 13.1. The standard InChI is InChI=1S/C16H21NO.ClH/c1-11(2)17-12(3)16(18)15-9-8-13-6-4-5-7-14(13)10-15;/h4-12,16-18H,1-3H3;1H. The van der Waals surface area contributed by atoms with Gasteiger partial charge in [-0.15, -0.1) is 12.4 Å². The van der Waals surface area contributed by atoms with Crippen LogP contribution in [-0.4, -0.2) is 17.2 Å². The number of hydrogen-bond acceptors (Lipinski definition) is 2. The highest BCUT2D eigenvalue weighted by Crippen LogP contribution is 2.22. The molecule has 2 unspecified atom stereocenters. The molecular weight excluding hydrogens is 258 g/mol. The lowest BCUT2D eigenvalue weighted by Crippen LogP contribution is -2.36. The summed E-state index contributed by atoms with van der Waals surface area (Å²) in [6.07, 6.45) is -0.475. The Morgan fingerprint density at radius 1 is 0.947 bits per heavy atom. The monoisotopic (exact) mass is 279 g/mol. The second-order valence-corrected chi connectivity index (χ2v) is 5.16. The van der Waals surface area contributed by atoms with Crippen LogP contribution in [0.25, 0.3) is 10.8 Å². The van der Waals surface area contributed by atoms with Gasteiger partial charge in [-0.1, -0.05) is 50.2 Å². The molecule has 0 fully saturated rings. The average molecular weight is 280 g/mol. The van der Waals surface area contributed by atoms with Crippen LogP contribution in [-0.2, 0) is 0 Å². The minimum atomic E-state index is -0.475. The Bertz CT molecular complexity index is 527. The lowest BCUT2D eigenvalue weighted by molar-refractivity contribution is 0.132. The van der Waals surface area contributed by atoms with Crippen molar-refractivity contribution in [3.63, 3.8) is 0 Å². The van der Waals surface area contributed by atoms with Crippen molar-refractivity contribution in [3.05, 3.63) is 48.0 Å². The maximum Gasteiger partial charge on any atom is 0.0940 e. The van der Waals surface area contributed by atoms with Gasteiger partial charge >= 0.3 is 0 Å². The van der Waals surface area contributed by atoms with Crippen molar-refractivity contribution < 1.29 is 5.11 Å². The third-order valence-electron chi connectivity index (χ3n) is 3.18. The largest absolute Gasteiger partial charge is 0.387 e. The number of aliphatic hydroxyl groups is 1. The molecule has 19 heavy (non-hydrogen) atoms. The Labute approximate surface area is 121 Å². The SMILES string of the molecule is CC(C)NC(C)C(O)c1ccc2ccccc2c1.Cl. The van der Waals surface area contributed by atoms with Gasteiger partial charge in [0.25, 0.3) is 0 Å². The van der Waals surface area contributed by atoms with E-state index in [0.717, 1.165) is 5.56 Å². The highest BCUT2D eigenvalue weighted by atomic mass is 35.5. The van der Waals surface area contributed by atoms with Crippen LogP contribution in [0.5, 0.6) is 0 Å². The summed E-state index contributed by atoms with van der Waals surface area (Å²) < 4.78 is 0. The molecule has 2 nitrogen and oxygen atoms in total. The molecule has 2 N–H and O–H groups in total. The fourth-order valence-electron chi connectivity index (χ4n) is 2.30. The van der Waals surface area contributed by atoms with Crippen LogP contribution in [0.1, 0.15) is 32.4 Å². The number of benzene rings is 2. The Balaban J connectivity index is 0.00000180. The van der Waals surface area contributed by atoms with Gasteiger partial charge < -0.3 is 10.4 Å². The van der Waals surface area contributed by atoms with Crippen LogP contribution in [0.4, 0.5) is 0 Å². The normalized spacial score (nSPS) is 14.2. The molecule has 0 aliphatic carbocycles. The minimum Gasteiger partial charge on any atom is -0.387 e. The second kappa shape index (κ2) is 6.90. The molecule has 2 atom stereocenters. The molecule has 0 saturated carbocycles. The third kappa shape index (κ3) is 3.93. The molecule has 0 spiro atoms. The van der Waals surface area contributed by atoms with E-state index in [1.54, 1.807) is 0 Å². The van der Waals surface area contributed by atoms with E-state index < -0.39 is 6.10 Å². The Morgan fingerprint density at radius 3 is 2.21 bits per heavy atom. The first-order valence-electron chi connectivity index (χ1n) is 6.50. The van der Waals surface area contributed by atoms with E-state index in [-0.39, 0.29) is 18.4 Å². The number of rotatable bonds is 4. The molecular formula is C16H22ClNO. The lowest BCUT2D eigenvalue weighted by atomic mass is 9.99. The van der Waals surface area contributed by atoms with Crippen molar-refractivity contribution >= 4 is 23.2 Å². The van der Waals surface area contributed by atoms with E-state index in [2.05, 4.69) is 43.4 Å². The minimum absolute atomic E-state index is 0. The summed E-state index contributed by atoms with van der Waals surface area (Å²) in [5.41, 5.74) is 0.967. The number of hydrogen-bond donors (Lipinski definition) is 2. The summed E-state index contributed by atoms with van der Waals surface area (Å²) in [5.74, 6) is 0. The number of fused-ring (bicyclic) bond motifs is 1. The van der Waals surface area contributed by atoms with Gasteiger partial charge in [0.1, 0.15) is 0 Å². The molecule has 3 heteroatoms. The summed E-state index contributed by atoms with van der Waals surface area (Å²) in [5, 5.41) is 16.1. The van der Waals surface area contributed by atoms with Crippen molar-refractivity contribution in [3.8, 4) is 0 Å². The van der Waals surface area contributed by atoms with Gasteiger partial charge in [0.2, 0.25) is 0 Å². The topological polar surface area (TPSA) is 32.3 Å². The molecule has 0 saturated heterocycles. The van der Waals surface area contributed by atoms with E-state index >= 15 is 0 Å². The van der Waals surface area contributed by atoms with E-state index in [1.165, 1.54) is 10.8 Å². The highest BCUT2D eigenvalue weighted by molar-refractivity contribution is 5.85. The predicted octanol–water partition coefficient (Wildman–Crippen LogP) is 3.68. The van der Waals surface area contributed by atoms with Crippen molar-refractivity contribution in [1.82, 2.24) is 5.32 Å². The van der Waals surface area contributed by atoms with E-state index in [4.69, 9.17) is 0 Å². The van der Waals surface area contributed by atoms with Gasteiger partial charge in [-0.3, -0.25) is 0 Å². The maximum atomic E-state index is 10.3. The van der Waals surface area contributed by atoms with Gasteiger partial charge in [-0.2, -0.15) is 0 Å². The van der Waals surface area contributed by atoms with E-state index in [0.29, 0.717) is 6.04 Å². The Hall–Kier alpha value is -1.09. The molecule has 0 amide bonds. The summed E-state index contributed by atoms with van der Waals surface area (Å²) in [7, 11) is 0. The van der Waals surface area contributed by atoms with Crippen molar-refractivity contribution in [2.45, 2.75) is 39.0 Å². The Morgan fingerprint density at radius 2 is 1.58 bits per heavy atom. The molecule has 2 aromatic rings. The molecule has 0 aliphatic rings. The van der Waals surface area contributed by atoms with Gasteiger partial charge in [-0.05, 0) is 29.3 Å². The van der Waals surface area contributed by atoms with Crippen LogP contribution in [0.2, 0.25) is 0 Å². The molecule has 0 radical (unpaired) electrons. The fraction of sp³-hybridized carbons (Fsp3) is 0.375. The summed E-state index contributed by atoms with van der Waals surface area (Å²) >= 11 is 0. The van der Waals surface area contributed by atoms with Crippen LogP contribution in [0, 0.1) is 0 Å². The summed E-state index contributed by atoms with van der Waals surface area (Å²) in [6.45, 7) is 6.19. The van der Waals surface area contributed by atoms with Crippen molar-refractivity contribution in [2.75, 3.05) is 0 Å². The highest BCUT2D eigenvalue weighted by Gasteiger charge is 2.16. The first-order chi connectivity index (χ1) is 8.58. The van der Waals surface area contributed by atoms with Gasteiger partial charge in [0, 0.05) is 12.1 Å². The quantitative estimate of drug-likeness (QED) is 0.895. The summed E-state index contributed by atoms with van der Waals surface area (Å²) in [4.78, 5) is 0. The molecule has 104 valence electrons. The first kappa shape index (κ1) is 16.0. The molecule has 0 heterocycles. The number of aliphatic hydroxyl groups excluding tert-OH is 1. The van der Waals surface area contributed by atoms with E-state index in [9.17, 15) is 5.11 Å².